The lowest BCUT2D eigenvalue weighted by Crippen LogP contribution is -2.12. The van der Waals surface area contributed by atoms with Crippen molar-refractivity contribution in [3.63, 3.8) is 0 Å². The third-order valence-corrected chi connectivity index (χ3v) is 3.61. The molecule has 0 atom stereocenters. The molecule has 0 radical (unpaired) electrons. The number of halogens is 1. The van der Waals surface area contributed by atoms with E-state index >= 15 is 0 Å². The fourth-order valence-corrected chi connectivity index (χ4v) is 2.15. The van der Waals surface area contributed by atoms with E-state index in [4.69, 9.17) is 4.42 Å². The molecule has 3 aromatic rings. The Labute approximate surface area is 143 Å². The molecule has 0 aliphatic heterocycles. The average molecular weight is 389 g/mol. The van der Waals surface area contributed by atoms with E-state index in [2.05, 4.69) is 31.4 Å². The maximum absolute atomic E-state index is 12.1. The Kier molecular flexibility index (Phi) is 4.34. The maximum Gasteiger partial charge on any atom is 0.322 e. The van der Waals surface area contributed by atoms with E-state index in [1.165, 1.54) is 24.3 Å². The highest BCUT2D eigenvalue weighted by Crippen LogP contribution is 2.22. The van der Waals surface area contributed by atoms with Crippen molar-refractivity contribution in [3.05, 3.63) is 68.7 Å². The van der Waals surface area contributed by atoms with E-state index in [9.17, 15) is 14.9 Å². The van der Waals surface area contributed by atoms with Gasteiger partial charge in [-0.3, -0.25) is 20.2 Å². The molecule has 0 aliphatic carbocycles. The second kappa shape index (κ2) is 6.59. The van der Waals surface area contributed by atoms with Gasteiger partial charge in [-0.1, -0.05) is 21.0 Å². The topological polar surface area (TPSA) is 111 Å². The summed E-state index contributed by atoms with van der Waals surface area (Å²) in [6, 6.07) is 12.4. The molecule has 1 heterocycles. The first-order valence-corrected chi connectivity index (χ1v) is 7.47. The van der Waals surface area contributed by atoms with Crippen molar-refractivity contribution in [1.29, 1.82) is 0 Å². The smallest absolute Gasteiger partial charge is 0.322 e. The fourth-order valence-electron chi connectivity index (χ4n) is 1.89. The summed E-state index contributed by atoms with van der Waals surface area (Å²) in [5, 5.41) is 20.7. The third kappa shape index (κ3) is 3.46. The van der Waals surface area contributed by atoms with Crippen LogP contribution in [0.4, 0.5) is 11.7 Å². The van der Waals surface area contributed by atoms with Gasteiger partial charge in [-0.05, 0) is 36.4 Å². The van der Waals surface area contributed by atoms with Crippen molar-refractivity contribution in [2.45, 2.75) is 0 Å². The molecule has 0 aliphatic rings. The Morgan fingerprint density at radius 3 is 2.38 bits per heavy atom. The van der Waals surface area contributed by atoms with Crippen LogP contribution in [0.3, 0.4) is 0 Å². The number of carbonyl (C=O) groups excluding carboxylic acids is 1. The van der Waals surface area contributed by atoms with Crippen LogP contribution in [0, 0.1) is 10.1 Å². The first-order valence-electron chi connectivity index (χ1n) is 6.68. The van der Waals surface area contributed by atoms with E-state index < -0.39 is 10.8 Å². The molecule has 0 fully saturated rings. The molecule has 0 saturated heterocycles. The quantitative estimate of drug-likeness (QED) is 0.539. The molecule has 0 saturated carbocycles. The van der Waals surface area contributed by atoms with E-state index in [1.54, 1.807) is 12.1 Å². The summed E-state index contributed by atoms with van der Waals surface area (Å²) in [5.41, 5.74) is 0.854. The van der Waals surface area contributed by atoms with Crippen molar-refractivity contribution in [2.75, 3.05) is 5.32 Å². The molecular formula is C15H9BrN4O4. The molecule has 2 aromatic carbocycles. The molecule has 120 valence electrons. The second-order valence-electron chi connectivity index (χ2n) is 4.68. The molecule has 1 aromatic heterocycles. The van der Waals surface area contributed by atoms with Gasteiger partial charge in [-0.15, -0.1) is 5.10 Å². The molecule has 0 unspecified atom stereocenters. The van der Waals surface area contributed by atoms with E-state index in [-0.39, 0.29) is 23.2 Å². The van der Waals surface area contributed by atoms with Crippen LogP contribution < -0.4 is 5.32 Å². The Morgan fingerprint density at radius 1 is 1.08 bits per heavy atom. The van der Waals surface area contributed by atoms with Crippen molar-refractivity contribution >= 4 is 33.5 Å². The van der Waals surface area contributed by atoms with Gasteiger partial charge in [0.15, 0.2) is 0 Å². The van der Waals surface area contributed by atoms with Gasteiger partial charge in [0.05, 0.1) is 4.92 Å². The van der Waals surface area contributed by atoms with Crippen LogP contribution in [0.1, 0.15) is 10.4 Å². The number of benzene rings is 2. The minimum atomic E-state index is -0.538. The monoisotopic (exact) mass is 388 g/mol. The van der Waals surface area contributed by atoms with Crippen molar-refractivity contribution in [2.24, 2.45) is 0 Å². The highest BCUT2D eigenvalue weighted by molar-refractivity contribution is 9.10. The van der Waals surface area contributed by atoms with Gasteiger partial charge in [-0.25, -0.2) is 0 Å². The third-order valence-electron chi connectivity index (χ3n) is 3.08. The lowest BCUT2D eigenvalue weighted by atomic mass is 10.2. The highest BCUT2D eigenvalue weighted by atomic mass is 79.9. The normalized spacial score (nSPS) is 10.4. The summed E-state index contributed by atoms with van der Waals surface area (Å²) >= 11 is 3.33. The number of nitro benzene ring substituents is 1. The van der Waals surface area contributed by atoms with Crippen LogP contribution >= 0.6 is 15.9 Å². The van der Waals surface area contributed by atoms with Gasteiger partial charge in [0.25, 0.3) is 11.6 Å². The van der Waals surface area contributed by atoms with Crippen molar-refractivity contribution in [1.82, 2.24) is 10.2 Å². The number of amides is 1. The van der Waals surface area contributed by atoms with Crippen LogP contribution in [0.25, 0.3) is 11.5 Å². The number of hydrogen-bond acceptors (Lipinski definition) is 6. The van der Waals surface area contributed by atoms with Crippen LogP contribution in [0.2, 0.25) is 0 Å². The number of nitrogens with zero attached hydrogens (tertiary/aromatic N) is 3. The number of nitro groups is 1. The van der Waals surface area contributed by atoms with Crippen LogP contribution in [0.15, 0.2) is 57.4 Å². The fraction of sp³-hybridized carbons (Fsp3) is 0. The van der Waals surface area contributed by atoms with Gasteiger partial charge in [0.1, 0.15) is 0 Å². The Hall–Kier alpha value is -3.07. The summed E-state index contributed by atoms with van der Waals surface area (Å²) in [6.07, 6.45) is 0. The molecule has 9 heteroatoms. The summed E-state index contributed by atoms with van der Waals surface area (Å²) in [7, 11) is 0. The number of hydrogen-bond donors (Lipinski definition) is 1. The minimum absolute atomic E-state index is 0.0590. The standard InChI is InChI=1S/C15H9BrN4O4/c16-11-5-1-10(2-6-11)14-18-19-15(24-14)17-13(21)9-3-7-12(8-4-9)20(22)23/h1-8H,(H,17,19,21). The highest BCUT2D eigenvalue weighted by Gasteiger charge is 2.14. The lowest BCUT2D eigenvalue weighted by Gasteiger charge is -2.00. The number of aromatic nitrogens is 2. The lowest BCUT2D eigenvalue weighted by molar-refractivity contribution is -0.384. The van der Waals surface area contributed by atoms with Crippen LogP contribution in [-0.4, -0.2) is 21.0 Å². The van der Waals surface area contributed by atoms with Gasteiger partial charge in [-0.2, -0.15) is 0 Å². The zero-order valence-corrected chi connectivity index (χ0v) is 13.6. The molecular weight excluding hydrogens is 380 g/mol. The molecule has 0 bridgehead atoms. The number of anilines is 1. The maximum atomic E-state index is 12.1. The molecule has 8 nitrogen and oxygen atoms in total. The van der Waals surface area contributed by atoms with Crippen molar-refractivity contribution < 1.29 is 14.1 Å². The average Bonchev–Trinajstić information content (AvgIpc) is 3.04. The number of nitrogens with one attached hydrogen (secondary N) is 1. The van der Waals surface area contributed by atoms with Crippen molar-refractivity contribution in [3.8, 4) is 11.5 Å². The predicted octanol–water partition coefficient (Wildman–Crippen LogP) is 3.66. The number of non-ortho nitro benzene ring substituents is 1. The molecule has 24 heavy (non-hydrogen) atoms. The van der Waals surface area contributed by atoms with E-state index in [1.807, 2.05) is 12.1 Å². The van der Waals surface area contributed by atoms with Crippen LogP contribution in [-0.2, 0) is 0 Å². The summed E-state index contributed by atoms with van der Waals surface area (Å²) < 4.78 is 6.30. The summed E-state index contributed by atoms with van der Waals surface area (Å²) in [5.74, 6) is -0.239. The Morgan fingerprint density at radius 2 is 1.75 bits per heavy atom. The Balaban J connectivity index is 1.73. The number of carbonyl (C=O) groups is 1. The first kappa shape index (κ1) is 15.8. The first-order chi connectivity index (χ1) is 11.5. The van der Waals surface area contributed by atoms with E-state index in [0.717, 1.165) is 4.47 Å². The molecule has 1 N–H and O–H groups in total. The zero-order chi connectivity index (χ0) is 17.1. The minimum Gasteiger partial charge on any atom is -0.403 e. The van der Waals surface area contributed by atoms with E-state index in [0.29, 0.717) is 5.56 Å². The molecule has 0 spiro atoms. The van der Waals surface area contributed by atoms with Gasteiger partial charge in [0.2, 0.25) is 5.89 Å². The largest absolute Gasteiger partial charge is 0.403 e. The van der Waals surface area contributed by atoms with Gasteiger partial charge in [0, 0.05) is 27.7 Å². The van der Waals surface area contributed by atoms with Gasteiger partial charge >= 0.3 is 6.01 Å². The summed E-state index contributed by atoms with van der Waals surface area (Å²) in [6.45, 7) is 0. The predicted molar refractivity (Wildman–Crippen MR) is 88.5 cm³/mol. The van der Waals surface area contributed by atoms with Crippen LogP contribution in [0.5, 0.6) is 0 Å². The number of rotatable bonds is 4. The zero-order valence-electron chi connectivity index (χ0n) is 12.0. The molecule has 3 rings (SSSR count). The SMILES string of the molecule is O=C(Nc1nnc(-c2ccc(Br)cc2)o1)c1ccc([N+](=O)[O-])cc1. The van der Waals surface area contributed by atoms with Gasteiger partial charge < -0.3 is 4.42 Å². The second-order valence-corrected chi connectivity index (χ2v) is 5.59. The summed E-state index contributed by atoms with van der Waals surface area (Å²) in [4.78, 5) is 22.1. The Bertz CT molecular complexity index is 891. The molecule has 1 amide bonds.